The number of carbonyl (C=O) groups excluding carboxylic acids is 2. The second kappa shape index (κ2) is 7.27. The number of sulfonamides is 1. The van der Waals surface area contributed by atoms with Gasteiger partial charge in [0.2, 0.25) is 15.9 Å². The fraction of sp³-hybridized carbons (Fsp3) is 0.389. The normalized spacial score (nSPS) is 13.4. The molecule has 1 aromatic carbocycles. The second-order valence-corrected chi connectivity index (χ2v) is 8.74. The van der Waals surface area contributed by atoms with E-state index in [1.54, 1.807) is 36.9 Å². The molecule has 2 N–H and O–H groups in total. The smallest absolute Gasteiger partial charge is 0.251 e. The fourth-order valence-electron chi connectivity index (χ4n) is 3.26. The van der Waals surface area contributed by atoms with E-state index in [9.17, 15) is 18.0 Å². The Hall–Kier alpha value is -2.88. The first kappa shape index (κ1) is 19.9. The number of benzene rings is 1. The third kappa shape index (κ3) is 3.86. The predicted molar refractivity (Wildman–Crippen MR) is 106 cm³/mol. The van der Waals surface area contributed by atoms with Gasteiger partial charge in [0, 0.05) is 19.2 Å². The molecule has 0 radical (unpaired) electrons. The molecule has 10 heteroatoms. The summed E-state index contributed by atoms with van der Waals surface area (Å²) in [6, 6.07) is 4.86. The highest BCUT2D eigenvalue weighted by Crippen LogP contribution is 2.30. The van der Waals surface area contributed by atoms with E-state index in [-0.39, 0.29) is 12.5 Å². The van der Waals surface area contributed by atoms with Crippen molar-refractivity contribution in [3.63, 3.8) is 0 Å². The van der Waals surface area contributed by atoms with Crippen molar-refractivity contribution >= 4 is 33.2 Å². The molecule has 3 rings (SSSR count). The van der Waals surface area contributed by atoms with Gasteiger partial charge in [0.25, 0.3) is 5.91 Å². The molecular weight excluding hydrogens is 382 g/mol. The lowest BCUT2D eigenvalue weighted by Gasteiger charge is -2.16. The van der Waals surface area contributed by atoms with Crippen molar-refractivity contribution in [2.24, 2.45) is 7.05 Å². The van der Waals surface area contributed by atoms with E-state index in [4.69, 9.17) is 0 Å². The maximum absolute atomic E-state index is 12.4. The summed E-state index contributed by atoms with van der Waals surface area (Å²) in [4.78, 5) is 24.5. The van der Waals surface area contributed by atoms with Crippen LogP contribution < -0.4 is 14.9 Å². The van der Waals surface area contributed by atoms with Gasteiger partial charge < -0.3 is 10.6 Å². The van der Waals surface area contributed by atoms with Crippen LogP contribution in [0.2, 0.25) is 0 Å². The molecule has 150 valence electrons. The van der Waals surface area contributed by atoms with Gasteiger partial charge in [-0.1, -0.05) is 0 Å². The predicted octanol–water partition coefficient (Wildman–Crippen LogP) is 0.728. The van der Waals surface area contributed by atoms with Gasteiger partial charge in [-0.3, -0.25) is 18.6 Å². The standard InChI is InChI=1S/C18H23N5O4S/c1-11-17(12(2)22(3)21-11)20-16(24)10-19-18(25)14-5-6-15-13(9-14)7-8-23(15)28(4,26)27/h5-6,9H,7-8,10H2,1-4H3,(H,19,25)(H,20,24). The number of hydrogen-bond acceptors (Lipinski definition) is 5. The molecule has 1 aliphatic heterocycles. The summed E-state index contributed by atoms with van der Waals surface area (Å²) < 4.78 is 26.6. The number of amides is 2. The van der Waals surface area contributed by atoms with Crippen molar-refractivity contribution in [1.82, 2.24) is 15.1 Å². The van der Waals surface area contributed by atoms with Crippen molar-refractivity contribution in [2.45, 2.75) is 20.3 Å². The van der Waals surface area contributed by atoms with Crippen LogP contribution in [0.4, 0.5) is 11.4 Å². The fourth-order valence-corrected chi connectivity index (χ4v) is 4.22. The molecule has 0 atom stereocenters. The van der Waals surface area contributed by atoms with Crippen molar-refractivity contribution in [3.8, 4) is 0 Å². The van der Waals surface area contributed by atoms with E-state index in [0.717, 1.165) is 17.5 Å². The van der Waals surface area contributed by atoms with E-state index in [2.05, 4.69) is 15.7 Å². The highest BCUT2D eigenvalue weighted by atomic mass is 32.2. The van der Waals surface area contributed by atoms with E-state index < -0.39 is 15.9 Å². The molecule has 0 bridgehead atoms. The lowest BCUT2D eigenvalue weighted by Crippen LogP contribution is -2.33. The summed E-state index contributed by atoms with van der Waals surface area (Å²) in [7, 11) is -1.54. The molecule has 0 saturated carbocycles. The van der Waals surface area contributed by atoms with Crippen molar-refractivity contribution < 1.29 is 18.0 Å². The molecular formula is C18H23N5O4S. The SMILES string of the molecule is Cc1nn(C)c(C)c1NC(=O)CNC(=O)c1ccc2c(c1)CCN2S(C)(=O)=O. The van der Waals surface area contributed by atoms with Crippen LogP contribution in [-0.2, 0) is 28.3 Å². The molecule has 0 saturated heterocycles. The number of rotatable bonds is 5. The second-order valence-electron chi connectivity index (χ2n) is 6.83. The Labute approximate surface area is 163 Å². The Bertz CT molecular complexity index is 1060. The molecule has 0 spiro atoms. The molecule has 2 aromatic rings. The first-order valence-electron chi connectivity index (χ1n) is 8.77. The van der Waals surface area contributed by atoms with E-state index in [1.807, 2.05) is 6.92 Å². The minimum atomic E-state index is -3.33. The number of aryl methyl sites for hydroxylation is 2. The monoisotopic (exact) mass is 405 g/mol. The average molecular weight is 405 g/mol. The van der Waals surface area contributed by atoms with Crippen LogP contribution in [0.25, 0.3) is 0 Å². The van der Waals surface area contributed by atoms with Gasteiger partial charge in [0.15, 0.2) is 0 Å². The Morgan fingerprint density at radius 1 is 1.25 bits per heavy atom. The van der Waals surface area contributed by atoms with Crippen LogP contribution in [0.1, 0.15) is 27.3 Å². The summed E-state index contributed by atoms with van der Waals surface area (Å²) >= 11 is 0. The third-order valence-corrected chi connectivity index (χ3v) is 5.96. The zero-order chi connectivity index (χ0) is 20.6. The molecule has 0 unspecified atom stereocenters. The number of hydrogen-bond donors (Lipinski definition) is 2. The first-order valence-corrected chi connectivity index (χ1v) is 10.6. The molecule has 1 aromatic heterocycles. The van der Waals surface area contributed by atoms with Gasteiger partial charge in [-0.2, -0.15) is 5.10 Å². The summed E-state index contributed by atoms with van der Waals surface area (Å²) in [6.45, 7) is 3.83. The molecule has 0 aliphatic carbocycles. The number of carbonyl (C=O) groups is 2. The van der Waals surface area contributed by atoms with Gasteiger partial charge in [-0.05, 0) is 44.0 Å². The largest absolute Gasteiger partial charge is 0.343 e. The molecule has 28 heavy (non-hydrogen) atoms. The number of anilines is 2. The number of nitrogens with one attached hydrogen (secondary N) is 2. The Morgan fingerprint density at radius 2 is 1.96 bits per heavy atom. The molecule has 2 amide bonds. The Morgan fingerprint density at radius 3 is 2.57 bits per heavy atom. The maximum Gasteiger partial charge on any atom is 0.251 e. The van der Waals surface area contributed by atoms with E-state index in [0.29, 0.717) is 35.6 Å². The first-order chi connectivity index (χ1) is 13.1. The molecule has 1 aliphatic rings. The van der Waals surface area contributed by atoms with Gasteiger partial charge in [-0.15, -0.1) is 0 Å². The Kier molecular flexibility index (Phi) is 5.16. The lowest BCUT2D eigenvalue weighted by atomic mass is 10.1. The van der Waals surface area contributed by atoms with Crippen LogP contribution in [0.3, 0.4) is 0 Å². The van der Waals surface area contributed by atoms with Crippen molar-refractivity contribution in [1.29, 1.82) is 0 Å². The quantitative estimate of drug-likeness (QED) is 0.761. The zero-order valence-corrected chi connectivity index (χ0v) is 17.1. The van der Waals surface area contributed by atoms with Crippen molar-refractivity contribution in [3.05, 3.63) is 40.7 Å². The topological polar surface area (TPSA) is 113 Å². The minimum absolute atomic E-state index is 0.181. The Balaban J connectivity index is 1.63. The van der Waals surface area contributed by atoms with Gasteiger partial charge >= 0.3 is 0 Å². The summed E-state index contributed by atoms with van der Waals surface area (Å²) in [5.74, 6) is -0.743. The van der Waals surface area contributed by atoms with Gasteiger partial charge in [0.1, 0.15) is 0 Å². The molecule has 0 fully saturated rings. The number of nitrogens with zero attached hydrogens (tertiary/aromatic N) is 3. The van der Waals surface area contributed by atoms with Crippen LogP contribution in [0.5, 0.6) is 0 Å². The van der Waals surface area contributed by atoms with Crippen LogP contribution in [0, 0.1) is 13.8 Å². The minimum Gasteiger partial charge on any atom is -0.343 e. The third-order valence-electron chi connectivity index (χ3n) is 4.78. The number of aromatic nitrogens is 2. The van der Waals surface area contributed by atoms with E-state index in [1.165, 1.54) is 4.31 Å². The van der Waals surface area contributed by atoms with Gasteiger partial charge in [-0.25, -0.2) is 8.42 Å². The van der Waals surface area contributed by atoms with Crippen LogP contribution in [-0.4, -0.2) is 49.4 Å². The summed E-state index contributed by atoms with van der Waals surface area (Å²) in [5.41, 5.74) is 3.94. The average Bonchev–Trinajstić information content (AvgIpc) is 3.15. The summed E-state index contributed by atoms with van der Waals surface area (Å²) in [5, 5.41) is 9.58. The lowest BCUT2D eigenvalue weighted by molar-refractivity contribution is -0.115. The highest BCUT2D eigenvalue weighted by Gasteiger charge is 2.26. The van der Waals surface area contributed by atoms with Crippen molar-refractivity contribution in [2.75, 3.05) is 29.0 Å². The summed E-state index contributed by atoms with van der Waals surface area (Å²) in [6.07, 6.45) is 1.70. The number of fused-ring (bicyclic) bond motifs is 1. The zero-order valence-electron chi connectivity index (χ0n) is 16.2. The maximum atomic E-state index is 12.4. The van der Waals surface area contributed by atoms with Crippen LogP contribution in [0.15, 0.2) is 18.2 Å². The highest BCUT2D eigenvalue weighted by molar-refractivity contribution is 7.92. The van der Waals surface area contributed by atoms with Crippen LogP contribution >= 0.6 is 0 Å². The molecule has 2 heterocycles. The van der Waals surface area contributed by atoms with Gasteiger partial charge in [0.05, 0.1) is 35.6 Å². The molecule has 9 nitrogen and oxygen atoms in total. The van der Waals surface area contributed by atoms with E-state index >= 15 is 0 Å².